The largest absolute Gasteiger partial charge is 0.385 e. The molecule has 0 aliphatic carbocycles. The molecule has 0 spiro atoms. The minimum Gasteiger partial charge on any atom is -0.385 e. The van der Waals surface area contributed by atoms with Gasteiger partial charge in [0.05, 0.1) is 5.60 Å². The third-order valence-corrected chi connectivity index (χ3v) is 4.04. The molecule has 0 radical (unpaired) electrons. The van der Waals surface area contributed by atoms with E-state index in [2.05, 4.69) is 5.32 Å². The lowest BCUT2D eigenvalue weighted by molar-refractivity contribution is -0.0150. The highest BCUT2D eigenvalue weighted by molar-refractivity contribution is 5.28. The smallest absolute Gasteiger partial charge is 0.194 e. The maximum absolute atomic E-state index is 13.8. The first-order valence-corrected chi connectivity index (χ1v) is 6.12. The van der Waals surface area contributed by atoms with Gasteiger partial charge in [-0.25, -0.2) is 13.2 Å². The maximum atomic E-state index is 13.8. The van der Waals surface area contributed by atoms with Crippen LogP contribution in [0.25, 0.3) is 0 Å². The molecule has 0 saturated carbocycles. The third-order valence-electron chi connectivity index (χ3n) is 4.04. The highest BCUT2D eigenvalue weighted by atomic mass is 19.2. The molecular formula is C13H14F3NO. The van der Waals surface area contributed by atoms with Crippen molar-refractivity contribution in [2.45, 2.75) is 43.4 Å². The predicted octanol–water partition coefficient (Wildman–Crippen LogP) is 2.21. The second-order valence-corrected chi connectivity index (χ2v) is 5.30. The van der Waals surface area contributed by atoms with Crippen LogP contribution in [0, 0.1) is 17.5 Å². The van der Waals surface area contributed by atoms with Crippen LogP contribution in [0.2, 0.25) is 0 Å². The van der Waals surface area contributed by atoms with E-state index >= 15 is 0 Å². The number of fused-ring (bicyclic) bond motifs is 2. The Morgan fingerprint density at radius 1 is 1.06 bits per heavy atom. The lowest BCUT2D eigenvalue weighted by atomic mass is 9.81. The second-order valence-electron chi connectivity index (χ2n) is 5.30. The monoisotopic (exact) mass is 257 g/mol. The van der Waals surface area contributed by atoms with Crippen molar-refractivity contribution in [3.63, 3.8) is 0 Å². The molecule has 0 amide bonds. The quantitative estimate of drug-likeness (QED) is 0.756. The van der Waals surface area contributed by atoms with Gasteiger partial charge in [-0.3, -0.25) is 0 Å². The Hall–Kier alpha value is -1.07. The Labute approximate surface area is 103 Å². The molecule has 1 aromatic rings. The van der Waals surface area contributed by atoms with Gasteiger partial charge in [-0.1, -0.05) is 6.07 Å². The molecule has 2 fully saturated rings. The number of aliphatic hydroxyl groups is 1. The van der Waals surface area contributed by atoms with Crippen molar-refractivity contribution in [3.8, 4) is 0 Å². The van der Waals surface area contributed by atoms with Crippen LogP contribution in [-0.2, 0) is 5.60 Å². The molecule has 3 rings (SSSR count). The maximum Gasteiger partial charge on any atom is 0.194 e. The lowest BCUT2D eigenvalue weighted by Crippen LogP contribution is -2.47. The van der Waals surface area contributed by atoms with E-state index in [0.717, 1.165) is 25.0 Å². The number of hydrogen-bond donors (Lipinski definition) is 2. The van der Waals surface area contributed by atoms with Gasteiger partial charge in [0.1, 0.15) is 0 Å². The van der Waals surface area contributed by atoms with Crippen LogP contribution in [0.1, 0.15) is 31.2 Å². The standard InChI is InChI=1S/C13H14F3NO/c14-10-4-3-9(11(15)12(10)16)13(18)5-7-1-2-8(6-13)17-7/h3-4,7-8,17-18H,1-2,5-6H2. The lowest BCUT2D eigenvalue weighted by Gasteiger charge is -2.37. The van der Waals surface area contributed by atoms with E-state index in [0.29, 0.717) is 12.8 Å². The Morgan fingerprint density at radius 3 is 2.28 bits per heavy atom. The van der Waals surface area contributed by atoms with Crippen LogP contribution in [0.3, 0.4) is 0 Å². The van der Waals surface area contributed by atoms with E-state index in [1.54, 1.807) is 0 Å². The fourth-order valence-corrected chi connectivity index (χ4v) is 3.23. The zero-order valence-electron chi connectivity index (χ0n) is 9.72. The molecule has 0 aromatic heterocycles. The molecule has 2 atom stereocenters. The first-order valence-electron chi connectivity index (χ1n) is 6.12. The molecule has 2 aliphatic heterocycles. The highest BCUT2D eigenvalue weighted by Gasteiger charge is 2.45. The molecule has 1 aromatic carbocycles. The Kier molecular flexibility index (Phi) is 2.64. The van der Waals surface area contributed by atoms with Crippen LogP contribution in [0.4, 0.5) is 13.2 Å². The summed E-state index contributed by atoms with van der Waals surface area (Å²) in [5.41, 5.74) is -1.52. The summed E-state index contributed by atoms with van der Waals surface area (Å²) in [6.07, 6.45) is 2.54. The average molecular weight is 257 g/mol. The summed E-state index contributed by atoms with van der Waals surface area (Å²) < 4.78 is 39.9. The van der Waals surface area contributed by atoms with Gasteiger partial charge in [0.2, 0.25) is 0 Å². The molecular weight excluding hydrogens is 243 g/mol. The summed E-state index contributed by atoms with van der Waals surface area (Å²) in [5.74, 6) is -4.00. The number of rotatable bonds is 1. The average Bonchev–Trinajstić information content (AvgIpc) is 2.66. The fourth-order valence-electron chi connectivity index (χ4n) is 3.23. The Bertz CT molecular complexity index is 479. The molecule has 2 unspecified atom stereocenters. The number of hydrogen-bond acceptors (Lipinski definition) is 2. The minimum atomic E-state index is -1.51. The van der Waals surface area contributed by atoms with Gasteiger partial charge < -0.3 is 10.4 Å². The van der Waals surface area contributed by atoms with Crippen LogP contribution >= 0.6 is 0 Å². The Morgan fingerprint density at radius 2 is 1.67 bits per heavy atom. The topological polar surface area (TPSA) is 32.3 Å². The summed E-state index contributed by atoms with van der Waals surface area (Å²) in [7, 11) is 0. The molecule has 2 N–H and O–H groups in total. The SMILES string of the molecule is OC1(c2ccc(F)c(F)c2F)CC2CCC(C1)N2. The predicted molar refractivity (Wildman–Crippen MR) is 59.4 cm³/mol. The second kappa shape index (κ2) is 3.96. The van der Waals surface area contributed by atoms with Gasteiger partial charge in [-0.15, -0.1) is 0 Å². The highest BCUT2D eigenvalue weighted by Crippen LogP contribution is 2.41. The third kappa shape index (κ3) is 1.73. The zero-order chi connectivity index (χ0) is 12.9. The molecule has 18 heavy (non-hydrogen) atoms. The van der Waals surface area contributed by atoms with Gasteiger partial charge in [-0.2, -0.15) is 0 Å². The van der Waals surface area contributed by atoms with Crippen LogP contribution in [-0.4, -0.2) is 17.2 Å². The van der Waals surface area contributed by atoms with E-state index in [4.69, 9.17) is 0 Å². The molecule has 2 bridgehead atoms. The van der Waals surface area contributed by atoms with E-state index < -0.39 is 23.1 Å². The summed E-state index contributed by atoms with van der Waals surface area (Å²) in [6.45, 7) is 0. The van der Waals surface area contributed by atoms with Crippen molar-refractivity contribution in [2.24, 2.45) is 0 Å². The normalized spacial score (nSPS) is 34.9. The van der Waals surface area contributed by atoms with Gasteiger partial charge in [0.25, 0.3) is 0 Å². The first kappa shape index (κ1) is 12.0. The van der Waals surface area contributed by atoms with E-state index in [1.807, 2.05) is 0 Å². The Balaban J connectivity index is 2.01. The van der Waals surface area contributed by atoms with Gasteiger partial charge in [0, 0.05) is 17.6 Å². The van der Waals surface area contributed by atoms with Crippen molar-refractivity contribution in [2.75, 3.05) is 0 Å². The van der Waals surface area contributed by atoms with Crippen LogP contribution < -0.4 is 5.32 Å². The van der Waals surface area contributed by atoms with E-state index in [1.165, 1.54) is 0 Å². The molecule has 5 heteroatoms. The first-order chi connectivity index (χ1) is 8.49. The van der Waals surface area contributed by atoms with E-state index in [-0.39, 0.29) is 17.6 Å². The molecule has 2 saturated heterocycles. The summed E-state index contributed by atoms with van der Waals surface area (Å²) >= 11 is 0. The molecule has 2 heterocycles. The summed E-state index contributed by atoms with van der Waals surface area (Å²) in [4.78, 5) is 0. The van der Waals surface area contributed by atoms with Crippen molar-refractivity contribution in [1.82, 2.24) is 5.32 Å². The van der Waals surface area contributed by atoms with Crippen molar-refractivity contribution in [3.05, 3.63) is 35.1 Å². The van der Waals surface area contributed by atoms with Gasteiger partial charge >= 0.3 is 0 Å². The van der Waals surface area contributed by atoms with Crippen molar-refractivity contribution >= 4 is 0 Å². The number of benzene rings is 1. The molecule has 2 aliphatic rings. The number of nitrogens with one attached hydrogen (secondary N) is 1. The van der Waals surface area contributed by atoms with Crippen molar-refractivity contribution < 1.29 is 18.3 Å². The molecule has 98 valence electrons. The van der Waals surface area contributed by atoms with E-state index in [9.17, 15) is 18.3 Å². The van der Waals surface area contributed by atoms with Crippen molar-refractivity contribution in [1.29, 1.82) is 0 Å². The molecule has 2 nitrogen and oxygen atoms in total. The minimum absolute atomic E-state index is 0.125. The summed E-state index contributed by atoms with van der Waals surface area (Å²) in [5, 5.41) is 13.9. The van der Waals surface area contributed by atoms with Gasteiger partial charge in [-0.05, 0) is 31.7 Å². The zero-order valence-corrected chi connectivity index (χ0v) is 9.72. The van der Waals surface area contributed by atoms with Crippen LogP contribution in [0.15, 0.2) is 12.1 Å². The fraction of sp³-hybridized carbons (Fsp3) is 0.538. The van der Waals surface area contributed by atoms with Crippen LogP contribution in [0.5, 0.6) is 0 Å². The number of piperidine rings is 1. The number of halogens is 3. The summed E-state index contributed by atoms with van der Waals surface area (Å²) in [6, 6.07) is 2.27. The van der Waals surface area contributed by atoms with Gasteiger partial charge in [0.15, 0.2) is 17.5 Å².